The van der Waals surface area contributed by atoms with Crippen molar-refractivity contribution < 1.29 is 4.74 Å². The van der Waals surface area contributed by atoms with Crippen LogP contribution in [0.5, 0.6) is 5.75 Å². The smallest absolute Gasteiger partial charge is 0.119 e. The molecule has 0 heterocycles. The Morgan fingerprint density at radius 1 is 1.42 bits per heavy atom. The van der Waals surface area contributed by atoms with Crippen molar-refractivity contribution in [3.8, 4) is 5.75 Å². The highest BCUT2D eigenvalue weighted by Gasteiger charge is 2.15. The lowest BCUT2D eigenvalue weighted by molar-refractivity contribution is 0.414. The van der Waals surface area contributed by atoms with Crippen LogP contribution in [0, 0.1) is 11.3 Å². The zero-order chi connectivity index (χ0) is 13.8. The zero-order valence-electron chi connectivity index (χ0n) is 11.9. The molecule has 1 aromatic rings. The Morgan fingerprint density at radius 3 is 2.84 bits per heavy atom. The maximum absolute atomic E-state index is 8.25. The van der Waals surface area contributed by atoms with E-state index in [-0.39, 0.29) is 0 Å². The van der Waals surface area contributed by atoms with E-state index in [1.807, 2.05) is 24.3 Å². The third-order valence-electron chi connectivity index (χ3n) is 3.63. The van der Waals surface area contributed by atoms with E-state index < -0.39 is 0 Å². The Hall–Kier alpha value is -1.83. The van der Waals surface area contributed by atoms with E-state index in [1.165, 1.54) is 11.1 Å². The van der Waals surface area contributed by atoms with Crippen molar-refractivity contribution in [1.82, 2.24) is 0 Å². The van der Waals surface area contributed by atoms with E-state index in [1.54, 1.807) is 7.11 Å². The summed E-state index contributed by atoms with van der Waals surface area (Å²) in [6, 6.07) is 7.76. The molecule has 100 valence electrons. The highest BCUT2D eigenvalue weighted by atomic mass is 16.5. The van der Waals surface area contributed by atoms with E-state index in [9.17, 15) is 0 Å². The first-order valence-electron chi connectivity index (χ1n) is 6.69. The SMILES string of the molecule is COc1cccc(C(=N)CC(C)C2=CC(C)=CC2)c1. The van der Waals surface area contributed by atoms with Gasteiger partial charge in [0.25, 0.3) is 0 Å². The lowest BCUT2D eigenvalue weighted by Crippen LogP contribution is -2.08. The Bertz CT molecular complexity index is 540. The largest absolute Gasteiger partial charge is 0.497 e. The van der Waals surface area contributed by atoms with Crippen LogP contribution in [0.4, 0.5) is 0 Å². The molecule has 0 aliphatic heterocycles. The third-order valence-corrected chi connectivity index (χ3v) is 3.63. The van der Waals surface area contributed by atoms with Crippen molar-refractivity contribution in [3.63, 3.8) is 0 Å². The molecule has 1 aliphatic rings. The number of benzene rings is 1. The van der Waals surface area contributed by atoms with Gasteiger partial charge in [-0.05, 0) is 43.4 Å². The van der Waals surface area contributed by atoms with Crippen molar-refractivity contribution in [1.29, 1.82) is 5.41 Å². The molecule has 0 amide bonds. The van der Waals surface area contributed by atoms with Crippen molar-refractivity contribution >= 4 is 5.71 Å². The van der Waals surface area contributed by atoms with Gasteiger partial charge in [0.15, 0.2) is 0 Å². The maximum atomic E-state index is 8.25. The minimum absolute atomic E-state index is 0.424. The molecule has 1 N–H and O–H groups in total. The molecule has 0 aromatic heterocycles. The molecule has 0 saturated heterocycles. The molecule has 0 saturated carbocycles. The standard InChI is InChI=1S/C17H21NO/c1-12-7-8-14(9-12)13(2)10-17(18)15-5-4-6-16(11-15)19-3/h4-7,9,11,13,18H,8,10H2,1-3H3. The second-order valence-electron chi connectivity index (χ2n) is 5.19. The molecule has 1 unspecified atom stereocenters. The van der Waals surface area contributed by atoms with Crippen LogP contribution in [-0.2, 0) is 0 Å². The lowest BCUT2D eigenvalue weighted by Gasteiger charge is -2.14. The summed E-state index contributed by atoms with van der Waals surface area (Å²) in [5, 5.41) is 8.25. The zero-order valence-corrected chi connectivity index (χ0v) is 11.9. The molecule has 0 fully saturated rings. The lowest BCUT2D eigenvalue weighted by atomic mass is 9.92. The van der Waals surface area contributed by atoms with Crippen LogP contribution in [0.3, 0.4) is 0 Å². The van der Waals surface area contributed by atoms with E-state index >= 15 is 0 Å². The average molecular weight is 255 g/mol. The molecule has 1 aromatic carbocycles. The van der Waals surface area contributed by atoms with Gasteiger partial charge < -0.3 is 10.1 Å². The Morgan fingerprint density at radius 2 is 2.21 bits per heavy atom. The van der Waals surface area contributed by atoms with Gasteiger partial charge in [-0.25, -0.2) is 0 Å². The van der Waals surface area contributed by atoms with Gasteiger partial charge in [0, 0.05) is 5.71 Å². The summed E-state index contributed by atoms with van der Waals surface area (Å²) in [5.74, 6) is 1.24. The van der Waals surface area contributed by atoms with Crippen molar-refractivity contribution in [3.05, 3.63) is 53.1 Å². The monoisotopic (exact) mass is 255 g/mol. The third kappa shape index (κ3) is 3.34. The first-order valence-corrected chi connectivity index (χ1v) is 6.69. The van der Waals surface area contributed by atoms with Gasteiger partial charge in [0.1, 0.15) is 5.75 Å². The predicted molar refractivity (Wildman–Crippen MR) is 80.1 cm³/mol. The van der Waals surface area contributed by atoms with Gasteiger partial charge >= 0.3 is 0 Å². The number of rotatable bonds is 5. The number of hydrogen-bond donors (Lipinski definition) is 1. The second kappa shape index (κ2) is 5.87. The average Bonchev–Trinajstić information content (AvgIpc) is 2.85. The normalized spacial score (nSPS) is 15.7. The van der Waals surface area contributed by atoms with Gasteiger partial charge in [0.05, 0.1) is 7.11 Å². The quantitative estimate of drug-likeness (QED) is 0.779. The van der Waals surface area contributed by atoms with E-state index in [2.05, 4.69) is 26.0 Å². The molecule has 2 heteroatoms. The molecule has 0 spiro atoms. The molecule has 19 heavy (non-hydrogen) atoms. The van der Waals surface area contributed by atoms with Gasteiger partial charge in [0.2, 0.25) is 0 Å². The van der Waals surface area contributed by atoms with E-state index in [0.29, 0.717) is 11.6 Å². The van der Waals surface area contributed by atoms with Crippen LogP contribution in [0.15, 0.2) is 47.6 Å². The van der Waals surface area contributed by atoms with Crippen LogP contribution >= 0.6 is 0 Å². The van der Waals surface area contributed by atoms with Crippen molar-refractivity contribution in [2.24, 2.45) is 5.92 Å². The highest BCUT2D eigenvalue weighted by Crippen LogP contribution is 2.27. The van der Waals surface area contributed by atoms with Gasteiger partial charge in [-0.15, -0.1) is 0 Å². The fourth-order valence-corrected chi connectivity index (χ4v) is 2.40. The highest BCUT2D eigenvalue weighted by molar-refractivity contribution is 5.98. The first-order chi connectivity index (χ1) is 9.10. The molecule has 2 nitrogen and oxygen atoms in total. The number of methoxy groups -OCH3 is 1. The summed E-state index contributed by atoms with van der Waals surface area (Å²) in [5.41, 5.74) is 4.41. The summed E-state index contributed by atoms with van der Waals surface area (Å²) in [6.45, 7) is 4.33. The van der Waals surface area contributed by atoms with Gasteiger partial charge in [-0.1, -0.05) is 42.4 Å². The summed E-state index contributed by atoms with van der Waals surface area (Å²) >= 11 is 0. The summed E-state index contributed by atoms with van der Waals surface area (Å²) in [6.07, 6.45) is 6.32. The van der Waals surface area contributed by atoms with Gasteiger partial charge in [-0.3, -0.25) is 0 Å². The fraction of sp³-hybridized carbons (Fsp3) is 0.353. The fourth-order valence-electron chi connectivity index (χ4n) is 2.40. The van der Waals surface area contributed by atoms with Crippen molar-refractivity contribution in [2.75, 3.05) is 7.11 Å². The van der Waals surface area contributed by atoms with Gasteiger partial charge in [-0.2, -0.15) is 0 Å². The number of nitrogens with one attached hydrogen (secondary N) is 1. The van der Waals surface area contributed by atoms with Crippen molar-refractivity contribution in [2.45, 2.75) is 26.7 Å². The van der Waals surface area contributed by atoms with Crippen LogP contribution in [0.2, 0.25) is 0 Å². The number of hydrogen-bond acceptors (Lipinski definition) is 2. The molecule has 1 aliphatic carbocycles. The van der Waals surface area contributed by atoms with Crippen LogP contribution < -0.4 is 4.74 Å². The summed E-state index contributed by atoms with van der Waals surface area (Å²) in [7, 11) is 1.66. The molecule has 2 rings (SSSR count). The van der Waals surface area contributed by atoms with E-state index in [0.717, 1.165) is 24.2 Å². The second-order valence-corrected chi connectivity index (χ2v) is 5.19. The Labute approximate surface area is 115 Å². The van der Waals surface area contributed by atoms with E-state index in [4.69, 9.17) is 10.1 Å². The Balaban J connectivity index is 2.02. The number of allylic oxidation sites excluding steroid dienone is 4. The molecular weight excluding hydrogens is 234 g/mol. The molecule has 0 radical (unpaired) electrons. The first kappa shape index (κ1) is 13.6. The molecular formula is C17H21NO. The summed E-state index contributed by atoms with van der Waals surface area (Å²) < 4.78 is 5.21. The van der Waals surface area contributed by atoms with Crippen LogP contribution in [0.25, 0.3) is 0 Å². The maximum Gasteiger partial charge on any atom is 0.119 e. The summed E-state index contributed by atoms with van der Waals surface area (Å²) in [4.78, 5) is 0. The minimum atomic E-state index is 0.424. The molecule has 1 atom stereocenters. The van der Waals surface area contributed by atoms with Crippen LogP contribution in [0.1, 0.15) is 32.3 Å². The topological polar surface area (TPSA) is 33.1 Å². The predicted octanol–water partition coefficient (Wildman–Crippen LogP) is 4.37. The molecule has 0 bridgehead atoms. The Kier molecular flexibility index (Phi) is 4.20. The number of ether oxygens (including phenoxy) is 1. The minimum Gasteiger partial charge on any atom is -0.497 e. The van der Waals surface area contributed by atoms with Crippen LogP contribution in [-0.4, -0.2) is 12.8 Å².